The summed E-state index contributed by atoms with van der Waals surface area (Å²) in [6.07, 6.45) is -1.24. The molecular formula is C21H23N3O7. The normalized spacial score (nSPS) is 11.2. The van der Waals surface area contributed by atoms with Crippen LogP contribution in [0.2, 0.25) is 0 Å². The fourth-order valence-corrected chi connectivity index (χ4v) is 2.56. The minimum Gasteiger partial charge on any atom is -0.496 e. The number of esters is 1. The summed E-state index contributed by atoms with van der Waals surface area (Å²) in [4.78, 5) is 46.9. The molecule has 0 radical (unpaired) electrons. The van der Waals surface area contributed by atoms with Gasteiger partial charge in [0.05, 0.1) is 18.1 Å². The molecule has 2 aromatic rings. The minimum atomic E-state index is -1.24. The van der Waals surface area contributed by atoms with E-state index in [1.165, 1.54) is 26.2 Å². The van der Waals surface area contributed by atoms with E-state index in [-0.39, 0.29) is 17.1 Å². The van der Waals surface area contributed by atoms with Crippen molar-refractivity contribution in [3.05, 3.63) is 63.2 Å². The predicted molar refractivity (Wildman–Crippen MR) is 112 cm³/mol. The second kappa shape index (κ2) is 10.2. The summed E-state index contributed by atoms with van der Waals surface area (Å²) in [7, 11) is 1.36. The van der Waals surface area contributed by atoms with E-state index in [0.717, 1.165) is 17.2 Å². The first-order chi connectivity index (χ1) is 14.6. The number of rotatable bonds is 8. The molecule has 0 heterocycles. The maximum Gasteiger partial charge on any atom is 0.326 e. The Balaban J connectivity index is 1.92. The van der Waals surface area contributed by atoms with Gasteiger partial charge in [-0.25, -0.2) is 0 Å². The Morgan fingerprint density at radius 1 is 1.10 bits per heavy atom. The molecule has 2 amide bonds. The smallest absolute Gasteiger partial charge is 0.326 e. The van der Waals surface area contributed by atoms with Crippen LogP contribution in [0.5, 0.6) is 5.75 Å². The van der Waals surface area contributed by atoms with Crippen LogP contribution in [0.1, 0.15) is 28.4 Å². The maximum atomic E-state index is 12.3. The third-order valence-electron chi connectivity index (χ3n) is 4.50. The molecule has 2 rings (SSSR count). The fourth-order valence-electron chi connectivity index (χ4n) is 2.56. The molecule has 31 heavy (non-hydrogen) atoms. The lowest BCUT2D eigenvalue weighted by Gasteiger charge is -2.14. The number of nitro benzene ring substituents is 1. The lowest BCUT2D eigenvalue weighted by atomic mass is 10.1. The zero-order chi connectivity index (χ0) is 23.1. The van der Waals surface area contributed by atoms with Crippen LogP contribution in [0, 0.1) is 24.0 Å². The topological polar surface area (TPSA) is 137 Å². The number of ether oxygens (including phenoxy) is 2. The molecule has 0 saturated carbocycles. The molecule has 10 nitrogen and oxygen atoms in total. The molecule has 2 aromatic carbocycles. The van der Waals surface area contributed by atoms with Crippen LogP contribution in [-0.4, -0.2) is 42.5 Å². The molecule has 0 aliphatic heterocycles. The number of nitrogens with one attached hydrogen (secondary N) is 2. The van der Waals surface area contributed by atoms with E-state index in [0.29, 0.717) is 5.56 Å². The van der Waals surface area contributed by atoms with Gasteiger partial charge in [0.25, 0.3) is 17.5 Å². The van der Waals surface area contributed by atoms with Crippen molar-refractivity contribution in [2.24, 2.45) is 0 Å². The number of carbonyl (C=O) groups is 3. The van der Waals surface area contributed by atoms with E-state index in [4.69, 9.17) is 9.47 Å². The second-order valence-electron chi connectivity index (χ2n) is 6.74. The highest BCUT2D eigenvalue weighted by Crippen LogP contribution is 2.29. The Labute approximate surface area is 178 Å². The Kier molecular flexibility index (Phi) is 7.67. The van der Waals surface area contributed by atoms with Crippen LogP contribution >= 0.6 is 0 Å². The fraction of sp³-hybridized carbons (Fsp3) is 0.286. The molecule has 0 aliphatic carbocycles. The number of hydrogen-bond acceptors (Lipinski definition) is 7. The number of amides is 2. The number of carbonyl (C=O) groups excluding carboxylic acids is 3. The predicted octanol–water partition coefficient (Wildman–Crippen LogP) is 2.52. The van der Waals surface area contributed by atoms with Crippen molar-refractivity contribution < 1.29 is 28.8 Å². The van der Waals surface area contributed by atoms with Gasteiger partial charge in [-0.15, -0.1) is 0 Å². The third-order valence-corrected chi connectivity index (χ3v) is 4.50. The highest BCUT2D eigenvalue weighted by atomic mass is 16.6. The van der Waals surface area contributed by atoms with Crippen LogP contribution in [0.4, 0.5) is 11.4 Å². The highest BCUT2D eigenvalue weighted by molar-refractivity contribution is 5.98. The van der Waals surface area contributed by atoms with Gasteiger partial charge in [0.2, 0.25) is 0 Å². The van der Waals surface area contributed by atoms with Crippen molar-refractivity contribution in [3.8, 4) is 5.75 Å². The molecule has 0 spiro atoms. The van der Waals surface area contributed by atoms with Gasteiger partial charge in [0, 0.05) is 5.56 Å². The first kappa shape index (κ1) is 23.3. The van der Waals surface area contributed by atoms with Gasteiger partial charge in [-0.3, -0.25) is 24.5 Å². The molecule has 10 heteroatoms. The van der Waals surface area contributed by atoms with E-state index in [2.05, 4.69) is 10.6 Å². The third kappa shape index (κ3) is 6.26. The number of aryl methyl sites for hydroxylation is 2. The Morgan fingerprint density at radius 3 is 2.42 bits per heavy atom. The van der Waals surface area contributed by atoms with Gasteiger partial charge < -0.3 is 20.1 Å². The van der Waals surface area contributed by atoms with Gasteiger partial charge in [-0.05, 0) is 56.2 Å². The quantitative estimate of drug-likeness (QED) is 0.374. The van der Waals surface area contributed by atoms with Crippen LogP contribution in [-0.2, 0) is 14.3 Å². The van der Waals surface area contributed by atoms with E-state index in [1.807, 2.05) is 13.8 Å². The van der Waals surface area contributed by atoms with Crippen molar-refractivity contribution in [2.45, 2.75) is 26.9 Å². The number of nitrogens with zero attached hydrogens (tertiary/aromatic N) is 1. The molecule has 0 aromatic heterocycles. The summed E-state index contributed by atoms with van der Waals surface area (Å²) in [5, 5.41) is 16.0. The zero-order valence-electron chi connectivity index (χ0n) is 17.6. The summed E-state index contributed by atoms with van der Waals surface area (Å²) in [5.41, 5.74) is 1.93. The Hall–Kier alpha value is -3.95. The first-order valence-corrected chi connectivity index (χ1v) is 9.30. The monoisotopic (exact) mass is 429 g/mol. The highest BCUT2D eigenvalue weighted by Gasteiger charge is 2.23. The summed E-state index contributed by atoms with van der Waals surface area (Å²) < 4.78 is 9.93. The number of methoxy groups -OCH3 is 1. The van der Waals surface area contributed by atoms with Crippen molar-refractivity contribution in [1.82, 2.24) is 5.32 Å². The molecule has 2 N–H and O–H groups in total. The maximum absolute atomic E-state index is 12.3. The van der Waals surface area contributed by atoms with Crippen LogP contribution in [0.15, 0.2) is 36.4 Å². The summed E-state index contributed by atoms with van der Waals surface area (Å²) in [6.45, 7) is 4.66. The second-order valence-corrected chi connectivity index (χ2v) is 6.74. The van der Waals surface area contributed by atoms with Gasteiger partial charge >= 0.3 is 5.97 Å². The number of nitro groups is 1. The van der Waals surface area contributed by atoms with E-state index in [9.17, 15) is 24.5 Å². The van der Waals surface area contributed by atoms with Crippen molar-refractivity contribution in [2.75, 3.05) is 19.0 Å². The molecule has 1 unspecified atom stereocenters. The lowest BCUT2D eigenvalue weighted by Crippen LogP contribution is -2.36. The van der Waals surface area contributed by atoms with E-state index < -0.39 is 35.4 Å². The van der Waals surface area contributed by atoms with Gasteiger partial charge in [-0.1, -0.05) is 6.07 Å². The molecular weight excluding hydrogens is 406 g/mol. The number of hydrogen-bond donors (Lipinski definition) is 2. The van der Waals surface area contributed by atoms with Crippen LogP contribution in [0.25, 0.3) is 0 Å². The van der Waals surface area contributed by atoms with Gasteiger partial charge in [0.15, 0.2) is 6.10 Å². The lowest BCUT2D eigenvalue weighted by molar-refractivity contribution is -0.384. The molecule has 1 atom stereocenters. The molecule has 0 saturated heterocycles. The average molecular weight is 429 g/mol. The SMILES string of the molecule is COc1ccc(NC(=O)C(C)OC(=O)CNC(=O)c2ccc(C)c(C)c2)c([N+](=O)[O-])c1. The van der Waals surface area contributed by atoms with Crippen molar-refractivity contribution in [3.63, 3.8) is 0 Å². The van der Waals surface area contributed by atoms with Crippen molar-refractivity contribution >= 4 is 29.2 Å². The average Bonchev–Trinajstić information content (AvgIpc) is 2.73. The molecule has 0 bridgehead atoms. The molecule has 164 valence electrons. The standard InChI is InChI=1S/C21H23N3O7/c1-12-5-6-15(9-13(12)2)21(27)22-11-19(25)31-14(3)20(26)23-17-8-7-16(30-4)10-18(17)24(28)29/h5-10,14H,11H2,1-4H3,(H,22,27)(H,23,26). The number of benzene rings is 2. The summed E-state index contributed by atoms with van der Waals surface area (Å²) in [5.74, 6) is -1.79. The minimum absolute atomic E-state index is 0.0678. The van der Waals surface area contributed by atoms with Crippen molar-refractivity contribution in [1.29, 1.82) is 0 Å². The number of anilines is 1. The summed E-state index contributed by atoms with van der Waals surface area (Å²) >= 11 is 0. The van der Waals surface area contributed by atoms with Crippen LogP contribution in [0.3, 0.4) is 0 Å². The van der Waals surface area contributed by atoms with Gasteiger partial charge in [0.1, 0.15) is 18.0 Å². The molecule has 0 aliphatic rings. The van der Waals surface area contributed by atoms with E-state index in [1.54, 1.807) is 18.2 Å². The Morgan fingerprint density at radius 2 is 1.81 bits per heavy atom. The summed E-state index contributed by atoms with van der Waals surface area (Å²) in [6, 6.07) is 9.06. The van der Waals surface area contributed by atoms with Gasteiger partial charge in [-0.2, -0.15) is 0 Å². The van der Waals surface area contributed by atoms with E-state index >= 15 is 0 Å². The van der Waals surface area contributed by atoms with Crippen LogP contribution < -0.4 is 15.4 Å². The largest absolute Gasteiger partial charge is 0.496 e. The first-order valence-electron chi connectivity index (χ1n) is 9.30. The molecule has 0 fully saturated rings. The zero-order valence-corrected chi connectivity index (χ0v) is 17.6. The Bertz CT molecular complexity index is 1020.